The van der Waals surface area contributed by atoms with Crippen LogP contribution >= 0.6 is 11.6 Å². The molecule has 0 bridgehead atoms. The van der Waals surface area contributed by atoms with Crippen molar-refractivity contribution >= 4 is 11.6 Å². The summed E-state index contributed by atoms with van der Waals surface area (Å²) in [4.78, 5) is 0. The summed E-state index contributed by atoms with van der Waals surface area (Å²) >= 11 is 5.94. The predicted octanol–water partition coefficient (Wildman–Crippen LogP) is 2.33. The van der Waals surface area contributed by atoms with Gasteiger partial charge in [0.2, 0.25) is 0 Å². The van der Waals surface area contributed by atoms with Crippen LogP contribution in [-0.4, -0.2) is 14.9 Å². The molecule has 1 N–H and O–H groups in total. The van der Waals surface area contributed by atoms with Crippen molar-refractivity contribution in [1.29, 1.82) is 0 Å². The number of benzene rings is 1. The summed E-state index contributed by atoms with van der Waals surface area (Å²) in [6.45, 7) is 1.91. The number of halogens is 1. The lowest BCUT2D eigenvalue weighted by Gasteiger charge is -2.07. The Hall–Kier alpha value is -1.32. The largest absolute Gasteiger partial charge is 0.390 e. The van der Waals surface area contributed by atoms with Gasteiger partial charge in [0, 0.05) is 11.2 Å². The molecule has 0 aliphatic rings. The monoisotopic (exact) mass is 222 g/mol. The zero-order valence-corrected chi connectivity index (χ0v) is 9.07. The summed E-state index contributed by atoms with van der Waals surface area (Å²) in [6.07, 6.45) is 1.66. The van der Waals surface area contributed by atoms with E-state index in [2.05, 4.69) is 5.10 Å². The van der Waals surface area contributed by atoms with Crippen LogP contribution in [-0.2, 0) is 6.61 Å². The number of aryl methyl sites for hydroxylation is 1. The minimum absolute atomic E-state index is 0.0261. The van der Waals surface area contributed by atoms with Crippen molar-refractivity contribution in [3.63, 3.8) is 0 Å². The molecule has 0 atom stereocenters. The maximum absolute atomic E-state index is 9.11. The average Bonchev–Trinajstić information content (AvgIpc) is 2.70. The Bertz CT molecular complexity index is 479. The summed E-state index contributed by atoms with van der Waals surface area (Å²) in [5.74, 6) is 0. The normalized spacial score (nSPS) is 10.6. The average molecular weight is 223 g/mol. The van der Waals surface area contributed by atoms with Crippen LogP contribution in [0.15, 0.2) is 30.5 Å². The third-order valence-electron chi connectivity index (χ3n) is 2.27. The molecule has 0 spiro atoms. The van der Waals surface area contributed by atoms with E-state index in [9.17, 15) is 0 Å². The number of hydrogen-bond donors (Lipinski definition) is 1. The van der Waals surface area contributed by atoms with Crippen molar-refractivity contribution in [2.45, 2.75) is 13.5 Å². The van der Waals surface area contributed by atoms with E-state index in [-0.39, 0.29) is 6.61 Å². The number of aliphatic hydroxyl groups is 1. The molecule has 0 aliphatic carbocycles. The minimum Gasteiger partial charge on any atom is -0.390 e. The van der Waals surface area contributed by atoms with Crippen LogP contribution in [0.4, 0.5) is 0 Å². The highest BCUT2D eigenvalue weighted by Gasteiger charge is 2.04. The molecule has 2 aromatic rings. The van der Waals surface area contributed by atoms with Gasteiger partial charge in [0.05, 0.1) is 18.0 Å². The second kappa shape index (κ2) is 4.04. The van der Waals surface area contributed by atoms with Crippen molar-refractivity contribution in [3.8, 4) is 5.69 Å². The molecule has 0 amide bonds. The Kier molecular flexibility index (Phi) is 2.75. The van der Waals surface area contributed by atoms with Crippen LogP contribution in [0.2, 0.25) is 5.02 Å². The van der Waals surface area contributed by atoms with Crippen LogP contribution in [0.25, 0.3) is 5.69 Å². The van der Waals surface area contributed by atoms with Crippen molar-refractivity contribution < 1.29 is 5.11 Å². The van der Waals surface area contributed by atoms with Gasteiger partial charge in [0.15, 0.2) is 0 Å². The number of aromatic nitrogens is 2. The lowest BCUT2D eigenvalue weighted by molar-refractivity contribution is 0.273. The lowest BCUT2D eigenvalue weighted by Crippen LogP contribution is -2.02. The molecular formula is C11H11ClN2O. The van der Waals surface area contributed by atoms with Gasteiger partial charge in [-0.25, -0.2) is 4.68 Å². The van der Waals surface area contributed by atoms with Gasteiger partial charge >= 0.3 is 0 Å². The number of aliphatic hydroxyl groups excluding tert-OH is 1. The molecule has 1 heterocycles. The summed E-state index contributed by atoms with van der Waals surface area (Å²) in [5, 5.41) is 14.0. The molecular weight excluding hydrogens is 212 g/mol. The van der Waals surface area contributed by atoms with Crippen LogP contribution in [0.3, 0.4) is 0 Å². The fourth-order valence-corrected chi connectivity index (χ4v) is 1.56. The molecule has 1 aromatic heterocycles. The Labute approximate surface area is 92.9 Å². The van der Waals surface area contributed by atoms with Crippen LogP contribution < -0.4 is 0 Å². The van der Waals surface area contributed by atoms with Gasteiger partial charge in [0.25, 0.3) is 0 Å². The Balaban J connectivity index is 2.50. The van der Waals surface area contributed by atoms with Crippen LogP contribution in [0, 0.1) is 6.92 Å². The lowest BCUT2D eigenvalue weighted by atomic mass is 10.2. The minimum atomic E-state index is -0.0261. The summed E-state index contributed by atoms with van der Waals surface area (Å²) in [5.41, 5.74) is 2.66. The standard InChI is InChI=1S/C11H11ClN2O/c1-8-6-9(2-3-11(8)12)14-10(7-15)4-5-13-14/h2-6,15H,7H2,1H3. The van der Waals surface area contributed by atoms with Crippen molar-refractivity contribution in [1.82, 2.24) is 9.78 Å². The highest BCUT2D eigenvalue weighted by molar-refractivity contribution is 6.31. The highest BCUT2D eigenvalue weighted by atomic mass is 35.5. The number of rotatable bonds is 2. The van der Waals surface area contributed by atoms with Crippen LogP contribution in [0.1, 0.15) is 11.3 Å². The molecule has 0 unspecified atom stereocenters. The van der Waals surface area contributed by atoms with Gasteiger partial charge in [-0.2, -0.15) is 5.10 Å². The first kappa shape index (κ1) is 10.2. The van der Waals surface area contributed by atoms with E-state index in [4.69, 9.17) is 16.7 Å². The fraction of sp³-hybridized carbons (Fsp3) is 0.182. The molecule has 1 aromatic carbocycles. The first-order valence-corrected chi connectivity index (χ1v) is 5.00. The molecule has 4 heteroatoms. The fourth-order valence-electron chi connectivity index (χ4n) is 1.44. The van der Waals surface area contributed by atoms with E-state index >= 15 is 0 Å². The summed E-state index contributed by atoms with van der Waals surface area (Å²) in [6, 6.07) is 7.43. The van der Waals surface area contributed by atoms with E-state index in [0.29, 0.717) is 0 Å². The third-order valence-corrected chi connectivity index (χ3v) is 2.69. The predicted molar refractivity (Wildman–Crippen MR) is 59.2 cm³/mol. The molecule has 0 saturated heterocycles. The van der Waals surface area contributed by atoms with Gasteiger partial charge < -0.3 is 5.11 Å². The molecule has 0 saturated carbocycles. The molecule has 78 valence electrons. The molecule has 3 nitrogen and oxygen atoms in total. The van der Waals surface area contributed by atoms with Crippen molar-refractivity contribution in [2.24, 2.45) is 0 Å². The van der Waals surface area contributed by atoms with Gasteiger partial charge in [-0.05, 0) is 36.8 Å². The third kappa shape index (κ3) is 1.89. The summed E-state index contributed by atoms with van der Waals surface area (Å²) < 4.78 is 1.70. The Morgan fingerprint density at radius 3 is 2.87 bits per heavy atom. The number of nitrogens with zero attached hydrogens (tertiary/aromatic N) is 2. The second-order valence-corrected chi connectivity index (χ2v) is 3.73. The zero-order chi connectivity index (χ0) is 10.8. The maximum Gasteiger partial charge on any atom is 0.0854 e. The van der Waals surface area contributed by atoms with Crippen LogP contribution in [0.5, 0.6) is 0 Å². The highest BCUT2D eigenvalue weighted by Crippen LogP contribution is 2.19. The van der Waals surface area contributed by atoms with E-state index in [0.717, 1.165) is 22.0 Å². The topological polar surface area (TPSA) is 38.0 Å². The van der Waals surface area contributed by atoms with E-state index in [1.54, 1.807) is 16.9 Å². The van der Waals surface area contributed by atoms with E-state index in [1.165, 1.54) is 0 Å². The SMILES string of the molecule is Cc1cc(-n2nccc2CO)ccc1Cl. The number of hydrogen-bond acceptors (Lipinski definition) is 2. The van der Waals surface area contributed by atoms with E-state index in [1.807, 2.05) is 25.1 Å². The smallest absolute Gasteiger partial charge is 0.0854 e. The molecule has 0 radical (unpaired) electrons. The van der Waals surface area contributed by atoms with Gasteiger partial charge in [-0.3, -0.25) is 0 Å². The summed E-state index contributed by atoms with van der Waals surface area (Å²) in [7, 11) is 0. The van der Waals surface area contributed by atoms with Gasteiger partial charge in [-0.1, -0.05) is 11.6 Å². The second-order valence-electron chi connectivity index (χ2n) is 3.33. The maximum atomic E-state index is 9.11. The van der Waals surface area contributed by atoms with Gasteiger partial charge in [0.1, 0.15) is 0 Å². The first-order valence-electron chi connectivity index (χ1n) is 4.62. The van der Waals surface area contributed by atoms with Crippen molar-refractivity contribution in [2.75, 3.05) is 0 Å². The quantitative estimate of drug-likeness (QED) is 0.847. The molecule has 0 fully saturated rings. The Morgan fingerprint density at radius 2 is 2.20 bits per heavy atom. The van der Waals surface area contributed by atoms with Crippen molar-refractivity contribution in [3.05, 3.63) is 46.7 Å². The van der Waals surface area contributed by atoms with Gasteiger partial charge in [-0.15, -0.1) is 0 Å². The molecule has 15 heavy (non-hydrogen) atoms. The zero-order valence-electron chi connectivity index (χ0n) is 8.31. The molecule has 0 aliphatic heterocycles. The Morgan fingerprint density at radius 1 is 1.40 bits per heavy atom. The molecule has 2 rings (SSSR count). The van der Waals surface area contributed by atoms with E-state index < -0.39 is 0 Å². The first-order chi connectivity index (χ1) is 7.22.